The van der Waals surface area contributed by atoms with Crippen LogP contribution in [0.2, 0.25) is 0 Å². The van der Waals surface area contributed by atoms with Gasteiger partial charge in [0.05, 0.1) is 5.41 Å². The lowest BCUT2D eigenvalue weighted by Crippen LogP contribution is -2.44. The van der Waals surface area contributed by atoms with Crippen LogP contribution >= 0.6 is 0 Å². The van der Waals surface area contributed by atoms with Gasteiger partial charge in [-0.05, 0) is 62.4 Å². The molecule has 1 aliphatic heterocycles. The summed E-state index contributed by atoms with van der Waals surface area (Å²) in [7, 11) is 0. The van der Waals surface area contributed by atoms with Crippen molar-refractivity contribution in [2.75, 3.05) is 6.61 Å². The predicted molar refractivity (Wildman–Crippen MR) is 91.1 cm³/mol. The second kappa shape index (κ2) is 5.75. The summed E-state index contributed by atoms with van der Waals surface area (Å²) in [6.07, 6.45) is 5.14. The van der Waals surface area contributed by atoms with Crippen LogP contribution in [0.25, 0.3) is 0 Å². The fourth-order valence-corrected chi connectivity index (χ4v) is 5.03. The number of allylic oxidation sites excluding steroid dienone is 1. The average molecular weight is 332 g/mol. The Bertz CT molecular complexity index is 601. The van der Waals surface area contributed by atoms with Gasteiger partial charge in [0.25, 0.3) is 0 Å². The van der Waals surface area contributed by atoms with E-state index in [4.69, 9.17) is 9.47 Å². The van der Waals surface area contributed by atoms with Crippen LogP contribution in [0.4, 0.5) is 0 Å². The molecule has 2 saturated carbocycles. The summed E-state index contributed by atoms with van der Waals surface area (Å²) in [4.78, 5) is 24.6. The first-order valence-electron chi connectivity index (χ1n) is 8.94. The zero-order valence-electron chi connectivity index (χ0n) is 15.2. The van der Waals surface area contributed by atoms with Crippen molar-refractivity contribution in [1.82, 2.24) is 0 Å². The minimum absolute atomic E-state index is 0.0284. The van der Waals surface area contributed by atoms with E-state index in [1.807, 2.05) is 6.92 Å². The third-order valence-corrected chi connectivity index (χ3v) is 7.07. The van der Waals surface area contributed by atoms with Gasteiger partial charge in [-0.3, -0.25) is 4.79 Å². The van der Waals surface area contributed by atoms with Crippen molar-refractivity contribution in [3.63, 3.8) is 0 Å². The molecule has 5 atom stereocenters. The highest BCUT2D eigenvalue weighted by Crippen LogP contribution is 2.65. The van der Waals surface area contributed by atoms with Gasteiger partial charge < -0.3 is 9.47 Å². The first-order valence-corrected chi connectivity index (χ1v) is 8.94. The van der Waals surface area contributed by atoms with E-state index in [1.54, 1.807) is 13.0 Å². The molecule has 1 saturated heterocycles. The van der Waals surface area contributed by atoms with Gasteiger partial charge in [-0.15, -0.1) is 0 Å². The normalized spacial score (nSPS) is 42.2. The summed E-state index contributed by atoms with van der Waals surface area (Å²) < 4.78 is 11.1. The van der Waals surface area contributed by atoms with E-state index in [0.717, 1.165) is 31.3 Å². The highest BCUT2D eigenvalue weighted by atomic mass is 16.5. The van der Waals surface area contributed by atoms with Crippen LogP contribution in [0, 0.1) is 22.7 Å². The third kappa shape index (κ3) is 2.34. The summed E-state index contributed by atoms with van der Waals surface area (Å²) in [5.74, 6) is 0.334. The highest BCUT2D eigenvalue weighted by molar-refractivity contribution is 5.87. The Morgan fingerprint density at radius 3 is 2.71 bits per heavy atom. The molecule has 1 unspecified atom stereocenters. The van der Waals surface area contributed by atoms with E-state index in [-0.39, 0.29) is 29.4 Å². The smallest absolute Gasteiger partial charge is 0.333 e. The fourth-order valence-electron chi connectivity index (χ4n) is 5.03. The minimum Gasteiger partial charge on any atom is -0.460 e. The van der Waals surface area contributed by atoms with Gasteiger partial charge in [0.1, 0.15) is 12.7 Å². The van der Waals surface area contributed by atoms with Crippen molar-refractivity contribution in [2.24, 2.45) is 22.7 Å². The average Bonchev–Trinajstić information content (AvgIpc) is 3.02. The Labute approximate surface area is 144 Å². The maximum Gasteiger partial charge on any atom is 0.333 e. The molecule has 4 nitrogen and oxygen atoms in total. The van der Waals surface area contributed by atoms with Crippen LogP contribution in [-0.4, -0.2) is 24.6 Å². The number of hydrogen-bond acceptors (Lipinski definition) is 4. The number of cyclic esters (lactones) is 1. The van der Waals surface area contributed by atoms with Gasteiger partial charge in [-0.25, -0.2) is 4.79 Å². The Kier molecular flexibility index (Phi) is 4.13. The van der Waals surface area contributed by atoms with Crippen LogP contribution in [0.15, 0.2) is 23.8 Å². The van der Waals surface area contributed by atoms with Crippen LogP contribution in [0.5, 0.6) is 0 Å². The summed E-state index contributed by atoms with van der Waals surface area (Å²) in [5, 5.41) is 0. The molecule has 0 radical (unpaired) electrons. The van der Waals surface area contributed by atoms with E-state index in [9.17, 15) is 9.59 Å². The van der Waals surface area contributed by atoms with E-state index < -0.39 is 5.41 Å². The zero-order chi connectivity index (χ0) is 17.7. The summed E-state index contributed by atoms with van der Waals surface area (Å²) in [5.41, 5.74) is 1.03. The second-order valence-electron chi connectivity index (χ2n) is 8.13. The molecular weight excluding hydrogens is 304 g/mol. The third-order valence-electron chi connectivity index (χ3n) is 7.07. The standard InChI is InChI=1S/C20H28O4/c1-6-12(2)17(21)24-16-8-7-15-9-20(11-19(15,5)14(16)4)13(3)10-23-18(20)22/h6,14-16H,3,7-11H2,1-2,4-5H3/b12-6+/t14-,15+,16?,19+,20+/m1/s1. The van der Waals surface area contributed by atoms with Gasteiger partial charge in [0.2, 0.25) is 0 Å². The van der Waals surface area contributed by atoms with Gasteiger partial charge >= 0.3 is 11.9 Å². The van der Waals surface area contributed by atoms with Gasteiger partial charge in [-0.2, -0.15) is 0 Å². The van der Waals surface area contributed by atoms with Crippen LogP contribution in [0.3, 0.4) is 0 Å². The molecule has 3 fully saturated rings. The molecule has 0 aromatic heterocycles. The van der Waals surface area contributed by atoms with Crippen LogP contribution in [0.1, 0.15) is 53.4 Å². The Morgan fingerprint density at radius 1 is 1.42 bits per heavy atom. The lowest BCUT2D eigenvalue weighted by molar-refractivity contribution is -0.155. The maximum absolute atomic E-state index is 12.4. The number of hydrogen-bond donors (Lipinski definition) is 0. The van der Waals surface area contributed by atoms with Crippen molar-refractivity contribution in [3.8, 4) is 0 Å². The zero-order valence-corrected chi connectivity index (χ0v) is 15.2. The molecule has 1 heterocycles. The van der Waals surface area contributed by atoms with Crippen LogP contribution in [-0.2, 0) is 19.1 Å². The summed E-state index contributed by atoms with van der Waals surface area (Å²) >= 11 is 0. The molecule has 24 heavy (non-hydrogen) atoms. The number of carbonyl (C=O) groups is 2. The Morgan fingerprint density at radius 2 is 2.12 bits per heavy atom. The lowest BCUT2D eigenvalue weighted by atomic mass is 9.62. The molecule has 0 aromatic rings. The number of rotatable bonds is 2. The molecule has 3 rings (SSSR count). The summed E-state index contributed by atoms with van der Waals surface area (Å²) in [6.45, 7) is 12.5. The van der Waals surface area contributed by atoms with Crippen molar-refractivity contribution in [1.29, 1.82) is 0 Å². The number of ether oxygens (including phenoxy) is 2. The minimum atomic E-state index is -0.508. The van der Waals surface area contributed by atoms with E-state index in [2.05, 4.69) is 20.4 Å². The van der Waals surface area contributed by atoms with E-state index >= 15 is 0 Å². The van der Waals surface area contributed by atoms with E-state index in [1.165, 1.54) is 0 Å². The fraction of sp³-hybridized carbons (Fsp3) is 0.700. The topological polar surface area (TPSA) is 52.6 Å². The number of fused-ring (bicyclic) bond motifs is 1. The molecule has 4 heteroatoms. The molecule has 0 N–H and O–H groups in total. The summed E-state index contributed by atoms with van der Waals surface area (Å²) in [6, 6.07) is 0. The molecule has 0 aromatic carbocycles. The quantitative estimate of drug-likeness (QED) is 0.438. The molecular formula is C20H28O4. The second-order valence-corrected chi connectivity index (χ2v) is 8.13. The Balaban J connectivity index is 1.82. The lowest BCUT2D eigenvalue weighted by Gasteiger charge is -2.46. The number of carbonyl (C=O) groups excluding carboxylic acids is 2. The molecule has 132 valence electrons. The van der Waals surface area contributed by atoms with E-state index in [0.29, 0.717) is 18.1 Å². The van der Waals surface area contributed by atoms with Gasteiger partial charge in [0.15, 0.2) is 0 Å². The molecule has 2 aliphatic carbocycles. The number of esters is 2. The molecule has 0 amide bonds. The SMILES string of the molecule is C=C1COC(=O)[C@]12C[C@@H]1CCC(OC(=O)/C(C)=C/C)[C@@H](C)[C@]1(C)C2. The van der Waals surface area contributed by atoms with Crippen molar-refractivity contribution < 1.29 is 19.1 Å². The largest absolute Gasteiger partial charge is 0.460 e. The molecule has 3 aliphatic rings. The predicted octanol–water partition coefficient (Wildman–Crippen LogP) is 3.81. The monoisotopic (exact) mass is 332 g/mol. The first kappa shape index (κ1) is 17.2. The Hall–Kier alpha value is -1.58. The first-order chi connectivity index (χ1) is 11.2. The van der Waals surface area contributed by atoms with Crippen molar-refractivity contribution >= 4 is 11.9 Å². The van der Waals surface area contributed by atoms with Crippen LogP contribution < -0.4 is 0 Å². The maximum atomic E-state index is 12.4. The van der Waals surface area contributed by atoms with Gasteiger partial charge in [0, 0.05) is 5.57 Å². The molecule has 0 bridgehead atoms. The van der Waals surface area contributed by atoms with Crippen molar-refractivity contribution in [2.45, 2.75) is 59.5 Å². The highest BCUT2D eigenvalue weighted by Gasteiger charge is 2.63. The molecule has 1 spiro atoms. The van der Waals surface area contributed by atoms with Crippen molar-refractivity contribution in [3.05, 3.63) is 23.8 Å². The van der Waals surface area contributed by atoms with Gasteiger partial charge in [-0.1, -0.05) is 26.5 Å².